The number of aromatic nitrogens is 3. The molecule has 1 aliphatic rings. The van der Waals surface area contributed by atoms with Crippen LogP contribution in [0.4, 0.5) is 13.2 Å². The Morgan fingerprint density at radius 3 is 2.12 bits per heavy atom. The lowest BCUT2D eigenvalue weighted by Crippen LogP contribution is -2.14. The van der Waals surface area contributed by atoms with Crippen LogP contribution in [0, 0.1) is 29.8 Å². The fraction of sp³-hybridized carbons (Fsp3) is 0.375. The molecule has 0 spiro atoms. The van der Waals surface area contributed by atoms with Crippen LogP contribution in [0.15, 0.2) is 66.7 Å². The second-order valence-electron chi connectivity index (χ2n) is 11.3. The molecule has 0 saturated heterocycles. The van der Waals surface area contributed by atoms with E-state index < -0.39 is 23.4 Å². The predicted molar refractivity (Wildman–Crippen MR) is 201 cm³/mol. The number of halogens is 3. The van der Waals surface area contributed by atoms with Crippen LogP contribution in [-0.2, 0) is 19.6 Å². The number of pyridine rings is 1. The first-order chi connectivity index (χ1) is 23.6. The number of hydrogen-bond donors (Lipinski definition) is 3. The second-order valence-corrected chi connectivity index (χ2v) is 11.3. The van der Waals surface area contributed by atoms with Crippen LogP contribution in [0.5, 0.6) is 5.88 Å². The van der Waals surface area contributed by atoms with E-state index >= 15 is 8.78 Å². The number of nitrogens with zero attached hydrogens (tertiary/aromatic N) is 3. The number of carbonyl (C=O) groups is 1. The summed E-state index contributed by atoms with van der Waals surface area (Å²) >= 11 is 0. The lowest BCUT2D eigenvalue weighted by Gasteiger charge is -2.17. The molecule has 7 N–H and O–H groups in total. The number of ether oxygens (including phenoxy) is 1. The molecule has 0 amide bonds. The van der Waals surface area contributed by atoms with Gasteiger partial charge in [-0.05, 0) is 85.2 Å². The molecule has 1 fully saturated rings. The van der Waals surface area contributed by atoms with Crippen LogP contribution in [0.25, 0.3) is 22.3 Å². The van der Waals surface area contributed by atoms with Crippen molar-refractivity contribution in [2.45, 2.75) is 94.2 Å². The van der Waals surface area contributed by atoms with Gasteiger partial charge in [0.2, 0.25) is 5.88 Å². The Balaban J connectivity index is 0.00000155. The summed E-state index contributed by atoms with van der Waals surface area (Å²) < 4.78 is 52.8. The Hall–Kier alpha value is -4.74. The second kappa shape index (κ2) is 20.2. The minimum absolute atomic E-state index is 0. The summed E-state index contributed by atoms with van der Waals surface area (Å²) in [5, 5.41) is 9.53. The molecule has 0 unspecified atom stereocenters. The summed E-state index contributed by atoms with van der Waals surface area (Å²) in [6, 6.07) is 16.6. The summed E-state index contributed by atoms with van der Waals surface area (Å²) in [5.74, 6) is -2.01. The van der Waals surface area contributed by atoms with Crippen LogP contribution < -0.4 is 17.0 Å². The van der Waals surface area contributed by atoms with Crippen molar-refractivity contribution in [3.8, 4) is 17.1 Å². The summed E-state index contributed by atoms with van der Waals surface area (Å²) in [7, 11) is 0. The Kier molecular flexibility index (Phi) is 17.5. The molecule has 0 radical (unpaired) electrons. The minimum Gasteiger partial charge on any atom is -0.478 e. The molecule has 2 heterocycles. The van der Waals surface area contributed by atoms with E-state index in [9.17, 15) is 14.3 Å². The highest BCUT2D eigenvalue weighted by atomic mass is 19.1. The number of imidazole rings is 1. The highest BCUT2D eigenvalue weighted by molar-refractivity contribution is 5.92. The fourth-order valence-electron chi connectivity index (χ4n) is 5.41. The zero-order chi connectivity index (χ0) is 36.3. The molecule has 1 aliphatic carbocycles. The normalized spacial score (nSPS) is 12.0. The molecule has 2 aromatic heterocycles. The molecule has 51 heavy (non-hydrogen) atoms. The van der Waals surface area contributed by atoms with Crippen molar-refractivity contribution in [2.24, 2.45) is 5.41 Å². The number of carboxylic acids is 1. The maximum Gasteiger partial charge on any atom is 0.335 e. The molecule has 0 aliphatic heterocycles. The molecule has 0 bridgehead atoms. The topological polar surface area (TPSA) is 147 Å². The van der Waals surface area contributed by atoms with Crippen LogP contribution in [0.2, 0.25) is 0 Å². The number of carboxylic acid groups (broad SMARTS) is 1. The van der Waals surface area contributed by atoms with E-state index in [1.807, 2.05) is 46.1 Å². The van der Waals surface area contributed by atoms with Crippen LogP contribution in [-0.4, -0.2) is 25.6 Å². The average molecular weight is 710 g/mol. The molecule has 3 aromatic carbocycles. The molecule has 5 aromatic rings. The number of benzene rings is 3. The van der Waals surface area contributed by atoms with E-state index in [0.717, 1.165) is 37.0 Å². The average Bonchev–Trinajstić information content (AvgIpc) is 3.83. The van der Waals surface area contributed by atoms with Crippen molar-refractivity contribution in [3.05, 3.63) is 112 Å². The zero-order valence-corrected chi connectivity index (χ0v) is 31.2. The minimum atomic E-state index is -1.04. The van der Waals surface area contributed by atoms with Crippen molar-refractivity contribution in [1.29, 1.82) is 0 Å². The van der Waals surface area contributed by atoms with E-state index in [4.69, 9.17) is 9.72 Å². The fourth-order valence-corrected chi connectivity index (χ4v) is 5.41. The first-order valence-corrected chi connectivity index (χ1v) is 17.2. The molecule has 278 valence electrons. The third-order valence-electron chi connectivity index (χ3n) is 8.34. The van der Waals surface area contributed by atoms with Gasteiger partial charge in [-0.25, -0.2) is 27.9 Å². The van der Waals surface area contributed by atoms with Gasteiger partial charge >= 0.3 is 5.97 Å². The third kappa shape index (κ3) is 10.6. The number of hydrogen-bond acceptors (Lipinski definition) is 6. The smallest absolute Gasteiger partial charge is 0.335 e. The molecule has 8 nitrogen and oxygen atoms in total. The molecular formula is C40H54F3N5O3. The predicted octanol–water partition coefficient (Wildman–Crippen LogP) is 11.3. The van der Waals surface area contributed by atoms with Crippen LogP contribution in [0.3, 0.4) is 0 Å². The van der Waals surface area contributed by atoms with E-state index in [2.05, 4.69) is 11.9 Å². The van der Waals surface area contributed by atoms with Gasteiger partial charge in [0.05, 0.1) is 22.3 Å². The van der Waals surface area contributed by atoms with Gasteiger partial charge in [-0.15, -0.1) is 0 Å². The van der Waals surface area contributed by atoms with E-state index in [0.29, 0.717) is 29.0 Å². The van der Waals surface area contributed by atoms with Gasteiger partial charge < -0.3 is 26.7 Å². The van der Waals surface area contributed by atoms with Crippen molar-refractivity contribution < 1.29 is 27.8 Å². The lowest BCUT2D eigenvalue weighted by atomic mass is 10.0. The zero-order valence-electron chi connectivity index (χ0n) is 31.2. The van der Waals surface area contributed by atoms with Crippen molar-refractivity contribution in [1.82, 2.24) is 26.8 Å². The number of rotatable bonds is 10. The molecule has 0 atom stereocenters. The van der Waals surface area contributed by atoms with Gasteiger partial charge in [0.15, 0.2) is 0 Å². The molecule has 11 heteroatoms. The third-order valence-corrected chi connectivity index (χ3v) is 8.34. The van der Waals surface area contributed by atoms with Crippen LogP contribution in [0.1, 0.15) is 101 Å². The van der Waals surface area contributed by atoms with E-state index in [1.54, 1.807) is 49.4 Å². The van der Waals surface area contributed by atoms with Crippen molar-refractivity contribution in [2.75, 3.05) is 0 Å². The van der Waals surface area contributed by atoms with Gasteiger partial charge in [-0.3, -0.25) is 0 Å². The number of aryl methyl sites for hydroxylation is 1. The van der Waals surface area contributed by atoms with Gasteiger partial charge in [-0.1, -0.05) is 66.7 Å². The Labute approximate surface area is 300 Å². The maximum atomic E-state index is 15.5. The Morgan fingerprint density at radius 1 is 0.843 bits per heavy atom. The van der Waals surface area contributed by atoms with E-state index in [1.165, 1.54) is 12.1 Å². The first kappa shape index (κ1) is 44.3. The summed E-state index contributed by atoms with van der Waals surface area (Å²) in [5.41, 5.74) is 2.93. The summed E-state index contributed by atoms with van der Waals surface area (Å²) in [4.78, 5) is 20.7. The van der Waals surface area contributed by atoms with E-state index in [-0.39, 0.29) is 59.0 Å². The monoisotopic (exact) mass is 709 g/mol. The Bertz CT molecular complexity index is 1870. The Morgan fingerprint density at radius 2 is 1.51 bits per heavy atom. The summed E-state index contributed by atoms with van der Waals surface area (Å²) in [6.07, 6.45) is 3.08. The number of fused-ring (bicyclic) bond motifs is 1. The first-order valence-electron chi connectivity index (χ1n) is 17.2. The van der Waals surface area contributed by atoms with Gasteiger partial charge in [0.25, 0.3) is 0 Å². The number of aromatic carboxylic acids is 1. The van der Waals surface area contributed by atoms with Crippen LogP contribution >= 0.6 is 0 Å². The molecule has 6 rings (SSSR count). The van der Waals surface area contributed by atoms with Gasteiger partial charge in [0.1, 0.15) is 29.9 Å². The van der Waals surface area contributed by atoms with Gasteiger partial charge in [0, 0.05) is 30.2 Å². The highest BCUT2D eigenvalue weighted by Crippen LogP contribution is 2.50. The standard InChI is InChI=1S/C34H30F3N3O3.3C2H6.2H3N/c1-3-34(11-12-34)19-40-30-15-21(33(41)42)9-10-29(30)38-31(40)16-23-14-27(37)24(17-26(23)36)28-5-4-6-32(39-28)43-18-22-8-7-20(2)13-25(22)35;3*1-2;;/h4-10,13-15,17H,3,11-12,16,18-19H2,1-2H3,(H,41,42);3*1-2H3;2*1H3. The largest absolute Gasteiger partial charge is 0.478 e. The molecular weight excluding hydrogens is 655 g/mol. The maximum absolute atomic E-state index is 15.5. The SMILES string of the molecule is CC.CC.CC.CCC1(Cn2c(Cc3cc(F)c(-c4cccc(OCc5ccc(C)cc5F)n4)cc3F)nc3ccc(C(=O)O)cc32)CC1.N.N. The van der Waals surface area contributed by atoms with Crippen molar-refractivity contribution >= 4 is 17.0 Å². The molecule has 1 saturated carbocycles. The highest BCUT2D eigenvalue weighted by Gasteiger charge is 2.41. The quantitative estimate of drug-likeness (QED) is 0.131. The van der Waals surface area contributed by atoms with Crippen molar-refractivity contribution in [3.63, 3.8) is 0 Å². The summed E-state index contributed by atoms with van der Waals surface area (Å²) in [6.45, 7) is 16.5. The van der Waals surface area contributed by atoms with Gasteiger partial charge in [-0.2, -0.15) is 0 Å². The lowest BCUT2D eigenvalue weighted by molar-refractivity contribution is 0.0697.